The third-order valence-corrected chi connectivity index (χ3v) is 6.07. The Hall–Kier alpha value is -3.38. The molecule has 31 heavy (non-hydrogen) atoms. The van der Waals surface area contributed by atoms with Crippen molar-refractivity contribution >= 4 is 16.7 Å². The van der Waals surface area contributed by atoms with Crippen molar-refractivity contribution in [2.24, 2.45) is 0 Å². The smallest absolute Gasteiger partial charge is 0.281 e. The molecule has 6 heteroatoms. The lowest BCUT2D eigenvalue weighted by Gasteiger charge is -2.36. The van der Waals surface area contributed by atoms with Crippen LogP contribution in [0.5, 0.6) is 0 Å². The highest BCUT2D eigenvalue weighted by Crippen LogP contribution is 2.18. The van der Waals surface area contributed by atoms with Crippen LogP contribution in [-0.4, -0.2) is 52.4 Å². The van der Waals surface area contributed by atoms with Crippen molar-refractivity contribution in [1.82, 2.24) is 19.7 Å². The van der Waals surface area contributed by atoms with Crippen LogP contribution in [-0.2, 0) is 6.42 Å². The second-order valence-corrected chi connectivity index (χ2v) is 8.15. The minimum Gasteiger partial charge on any atom is -0.369 e. The molecule has 0 spiro atoms. The van der Waals surface area contributed by atoms with Crippen molar-refractivity contribution in [3.8, 4) is 5.69 Å². The first-order valence-corrected chi connectivity index (χ1v) is 10.9. The quantitative estimate of drug-likeness (QED) is 0.545. The Morgan fingerprint density at radius 3 is 2.23 bits per heavy atom. The number of hydrogen-bond acceptors (Lipinski definition) is 4. The van der Waals surface area contributed by atoms with Gasteiger partial charge in [-0.15, -0.1) is 0 Å². The van der Waals surface area contributed by atoms with Gasteiger partial charge in [-0.25, -0.2) is 9.67 Å². The van der Waals surface area contributed by atoms with E-state index in [1.165, 1.54) is 5.69 Å². The predicted molar refractivity (Wildman–Crippen MR) is 125 cm³/mol. The minimum absolute atomic E-state index is 0.0300. The molecule has 3 heterocycles. The van der Waals surface area contributed by atoms with Gasteiger partial charge >= 0.3 is 0 Å². The zero-order valence-corrected chi connectivity index (χ0v) is 17.8. The number of nitrogens with one attached hydrogen (secondary N) is 1. The molecule has 5 rings (SSSR count). The Labute approximate surface area is 181 Å². The molecule has 6 nitrogen and oxygen atoms in total. The van der Waals surface area contributed by atoms with E-state index in [9.17, 15) is 4.79 Å². The highest BCUT2D eigenvalue weighted by molar-refractivity contribution is 5.79. The number of benzene rings is 2. The number of piperazine rings is 1. The van der Waals surface area contributed by atoms with Gasteiger partial charge in [0.05, 0.1) is 11.1 Å². The van der Waals surface area contributed by atoms with Crippen LogP contribution < -0.4 is 10.5 Å². The maximum Gasteiger partial charge on any atom is 0.281 e. The van der Waals surface area contributed by atoms with E-state index in [-0.39, 0.29) is 5.56 Å². The number of rotatable bonds is 5. The minimum atomic E-state index is -0.0300. The molecule has 1 saturated heterocycles. The summed E-state index contributed by atoms with van der Waals surface area (Å²) in [6, 6.07) is 22.3. The number of hydrogen-bond donors (Lipinski definition) is 1. The van der Waals surface area contributed by atoms with E-state index >= 15 is 0 Å². The molecule has 0 radical (unpaired) electrons. The van der Waals surface area contributed by atoms with Crippen molar-refractivity contribution in [2.75, 3.05) is 37.6 Å². The molecule has 4 aromatic rings. The summed E-state index contributed by atoms with van der Waals surface area (Å²) >= 11 is 0. The zero-order valence-electron chi connectivity index (χ0n) is 17.8. The Morgan fingerprint density at radius 1 is 0.903 bits per heavy atom. The number of anilines is 1. The van der Waals surface area contributed by atoms with Crippen molar-refractivity contribution in [1.29, 1.82) is 0 Å². The standard InChI is InChI=1S/C25H27N5O/c1-19-18-20(12-13-28-14-16-29(17-15-28)21-8-4-2-5-9-21)23-24(26-19)27-30(25(23)31)22-10-6-3-7-11-22/h2-11,18H,12-17H2,1H3,(H,26,27). The monoisotopic (exact) mass is 413 g/mol. The maximum atomic E-state index is 13.2. The Balaban J connectivity index is 1.33. The Kier molecular flexibility index (Phi) is 5.30. The molecule has 0 amide bonds. The second kappa shape index (κ2) is 8.40. The maximum absolute atomic E-state index is 13.2. The van der Waals surface area contributed by atoms with Gasteiger partial charge < -0.3 is 4.90 Å². The number of nitrogens with zero attached hydrogens (tertiary/aromatic N) is 4. The van der Waals surface area contributed by atoms with E-state index in [4.69, 9.17) is 0 Å². The van der Waals surface area contributed by atoms with Gasteiger partial charge in [0, 0.05) is 44.1 Å². The van der Waals surface area contributed by atoms with E-state index < -0.39 is 0 Å². The van der Waals surface area contributed by atoms with E-state index in [0.29, 0.717) is 11.0 Å². The predicted octanol–water partition coefficient (Wildman–Crippen LogP) is 3.39. The van der Waals surface area contributed by atoms with Crippen LogP contribution in [0.4, 0.5) is 5.69 Å². The fourth-order valence-corrected chi connectivity index (χ4v) is 4.43. The molecule has 1 N–H and O–H groups in total. The molecule has 0 unspecified atom stereocenters. The van der Waals surface area contributed by atoms with Crippen LogP contribution in [0.25, 0.3) is 16.7 Å². The fraction of sp³-hybridized carbons (Fsp3) is 0.280. The summed E-state index contributed by atoms with van der Waals surface area (Å²) in [5.41, 5.74) is 4.76. The molecule has 0 saturated carbocycles. The molecule has 2 aromatic heterocycles. The van der Waals surface area contributed by atoms with Crippen LogP contribution in [0.1, 0.15) is 11.3 Å². The SMILES string of the molecule is Cc1cc(CCN2CCN(c3ccccc3)CC2)c2c(=O)n(-c3ccccc3)[nH]c2n1. The average molecular weight is 414 g/mol. The third-order valence-electron chi connectivity index (χ3n) is 6.07. The normalized spacial score (nSPS) is 14.9. The highest BCUT2D eigenvalue weighted by atomic mass is 16.1. The first-order valence-electron chi connectivity index (χ1n) is 10.9. The van der Waals surface area contributed by atoms with Gasteiger partial charge in [-0.1, -0.05) is 36.4 Å². The molecular formula is C25H27N5O. The van der Waals surface area contributed by atoms with Crippen molar-refractivity contribution < 1.29 is 0 Å². The largest absolute Gasteiger partial charge is 0.369 e. The van der Waals surface area contributed by atoms with Crippen LogP contribution in [0, 0.1) is 6.92 Å². The average Bonchev–Trinajstić information content (AvgIpc) is 3.15. The van der Waals surface area contributed by atoms with Crippen molar-refractivity contribution in [3.05, 3.63) is 88.3 Å². The molecule has 1 fully saturated rings. The molecule has 0 aliphatic carbocycles. The lowest BCUT2D eigenvalue weighted by Crippen LogP contribution is -2.47. The highest BCUT2D eigenvalue weighted by Gasteiger charge is 2.19. The molecule has 158 valence electrons. The number of fused-ring (bicyclic) bond motifs is 1. The molecule has 2 aromatic carbocycles. The van der Waals surface area contributed by atoms with E-state index in [1.54, 1.807) is 4.68 Å². The number of H-pyrrole nitrogens is 1. The summed E-state index contributed by atoms with van der Waals surface area (Å²) in [6.07, 6.45) is 0.840. The van der Waals surface area contributed by atoms with Gasteiger partial charge in [-0.3, -0.25) is 14.8 Å². The number of aryl methyl sites for hydroxylation is 1. The summed E-state index contributed by atoms with van der Waals surface area (Å²) in [7, 11) is 0. The zero-order chi connectivity index (χ0) is 21.2. The number of aromatic amines is 1. The molecule has 1 aliphatic rings. The van der Waals surface area contributed by atoms with E-state index in [1.807, 2.05) is 37.3 Å². The van der Waals surface area contributed by atoms with Gasteiger partial charge in [-0.05, 0) is 49.2 Å². The molecule has 1 aliphatic heterocycles. The van der Waals surface area contributed by atoms with Crippen LogP contribution >= 0.6 is 0 Å². The first-order chi connectivity index (χ1) is 15.2. The van der Waals surface area contributed by atoms with Crippen molar-refractivity contribution in [2.45, 2.75) is 13.3 Å². The summed E-state index contributed by atoms with van der Waals surface area (Å²) < 4.78 is 1.60. The summed E-state index contributed by atoms with van der Waals surface area (Å²) in [5.74, 6) is 0. The van der Waals surface area contributed by atoms with Crippen LogP contribution in [0.15, 0.2) is 71.5 Å². The van der Waals surface area contributed by atoms with Gasteiger partial charge in [0.15, 0.2) is 5.65 Å². The second-order valence-electron chi connectivity index (χ2n) is 8.15. The lowest BCUT2D eigenvalue weighted by molar-refractivity contribution is 0.261. The van der Waals surface area contributed by atoms with Gasteiger partial charge in [0.2, 0.25) is 0 Å². The summed E-state index contributed by atoms with van der Waals surface area (Å²) in [4.78, 5) is 22.7. The van der Waals surface area contributed by atoms with Gasteiger partial charge in [0.25, 0.3) is 5.56 Å². The lowest BCUT2D eigenvalue weighted by atomic mass is 10.1. The number of para-hydroxylation sites is 2. The van der Waals surface area contributed by atoms with Gasteiger partial charge in [-0.2, -0.15) is 0 Å². The molecule has 0 bridgehead atoms. The Morgan fingerprint density at radius 2 is 1.55 bits per heavy atom. The van der Waals surface area contributed by atoms with Gasteiger partial charge in [0.1, 0.15) is 0 Å². The first kappa shape index (κ1) is 19.6. The number of pyridine rings is 1. The topological polar surface area (TPSA) is 57.2 Å². The third kappa shape index (κ3) is 3.99. The molecular weight excluding hydrogens is 386 g/mol. The summed E-state index contributed by atoms with van der Waals surface area (Å²) in [5, 5.41) is 3.90. The Bertz CT molecular complexity index is 1220. The fourth-order valence-electron chi connectivity index (χ4n) is 4.43. The van der Waals surface area contributed by atoms with Crippen LogP contribution in [0.2, 0.25) is 0 Å². The number of aromatic nitrogens is 3. The van der Waals surface area contributed by atoms with Crippen LogP contribution in [0.3, 0.4) is 0 Å². The van der Waals surface area contributed by atoms with Crippen molar-refractivity contribution in [3.63, 3.8) is 0 Å². The van der Waals surface area contributed by atoms with E-state index in [0.717, 1.165) is 56.1 Å². The summed E-state index contributed by atoms with van der Waals surface area (Å²) in [6.45, 7) is 7.05. The van der Waals surface area contributed by atoms with E-state index in [2.05, 4.69) is 56.3 Å². The molecule has 0 atom stereocenters.